The van der Waals surface area contributed by atoms with Gasteiger partial charge in [0.15, 0.2) is 5.82 Å². The molecule has 0 fully saturated rings. The van der Waals surface area contributed by atoms with E-state index >= 15 is 0 Å². The molecule has 0 amide bonds. The first kappa shape index (κ1) is 15.7. The van der Waals surface area contributed by atoms with E-state index in [0.29, 0.717) is 5.82 Å². The Labute approximate surface area is 129 Å². The van der Waals surface area contributed by atoms with Gasteiger partial charge in [-0.25, -0.2) is 9.97 Å². The molecule has 0 spiro atoms. The molecule has 2 atom stereocenters. The van der Waals surface area contributed by atoms with Gasteiger partial charge >= 0.3 is 0 Å². The molecule has 5 nitrogen and oxygen atoms in total. The van der Waals surface area contributed by atoms with E-state index in [2.05, 4.69) is 20.3 Å². The summed E-state index contributed by atoms with van der Waals surface area (Å²) in [4.78, 5) is 13.1. The molecular weight excluding hydrogens is 284 g/mol. The minimum atomic E-state index is 0.112. The second-order valence-corrected chi connectivity index (χ2v) is 5.93. The number of hydrogen-bond donors (Lipinski definition) is 2. The van der Waals surface area contributed by atoms with Crippen LogP contribution in [0.1, 0.15) is 12.6 Å². The summed E-state index contributed by atoms with van der Waals surface area (Å²) < 4.78 is 0. The molecule has 0 aliphatic carbocycles. The van der Waals surface area contributed by atoms with E-state index in [1.165, 1.54) is 0 Å². The van der Waals surface area contributed by atoms with Crippen LogP contribution in [0.25, 0.3) is 11.4 Å². The minimum absolute atomic E-state index is 0.112. The molecule has 0 saturated carbocycles. The standard InChI is InChI=1S/C15H20N4OS/c1-10-7-14(18-11(2)13(9-20)21-3)19-15(17-10)12-5-4-6-16-8-12/h4-8,11,13,20H,9H2,1-3H3,(H,17,18,19). The van der Waals surface area contributed by atoms with Gasteiger partial charge in [-0.3, -0.25) is 4.98 Å². The van der Waals surface area contributed by atoms with Crippen molar-refractivity contribution in [3.8, 4) is 11.4 Å². The van der Waals surface area contributed by atoms with Gasteiger partial charge in [0.2, 0.25) is 0 Å². The third kappa shape index (κ3) is 4.15. The van der Waals surface area contributed by atoms with Crippen molar-refractivity contribution in [2.24, 2.45) is 0 Å². The number of thioether (sulfide) groups is 1. The third-order valence-corrected chi connectivity index (χ3v) is 4.35. The molecule has 2 N–H and O–H groups in total. The maximum atomic E-state index is 9.36. The Bertz CT molecular complexity index is 575. The summed E-state index contributed by atoms with van der Waals surface area (Å²) in [5.41, 5.74) is 1.78. The number of aryl methyl sites for hydroxylation is 1. The number of pyridine rings is 1. The Morgan fingerprint density at radius 1 is 1.38 bits per heavy atom. The second kappa shape index (κ2) is 7.38. The van der Waals surface area contributed by atoms with Crippen LogP contribution in [-0.2, 0) is 0 Å². The number of hydrogen-bond acceptors (Lipinski definition) is 6. The van der Waals surface area contributed by atoms with Crippen molar-refractivity contribution in [1.29, 1.82) is 0 Å². The van der Waals surface area contributed by atoms with Crippen molar-refractivity contribution >= 4 is 17.6 Å². The molecule has 0 saturated heterocycles. The fraction of sp³-hybridized carbons (Fsp3) is 0.400. The predicted octanol–water partition coefficient (Wildman–Crippen LogP) is 2.37. The number of nitrogens with zero attached hydrogens (tertiary/aromatic N) is 3. The molecule has 6 heteroatoms. The first-order valence-electron chi connectivity index (χ1n) is 6.80. The minimum Gasteiger partial charge on any atom is -0.395 e. The van der Waals surface area contributed by atoms with E-state index in [4.69, 9.17) is 0 Å². The summed E-state index contributed by atoms with van der Waals surface area (Å²) in [7, 11) is 0. The van der Waals surface area contributed by atoms with Crippen molar-refractivity contribution in [1.82, 2.24) is 15.0 Å². The zero-order chi connectivity index (χ0) is 15.2. The van der Waals surface area contributed by atoms with E-state index in [9.17, 15) is 5.11 Å². The van der Waals surface area contributed by atoms with Crippen molar-refractivity contribution < 1.29 is 5.11 Å². The quantitative estimate of drug-likeness (QED) is 0.854. The van der Waals surface area contributed by atoms with Gasteiger partial charge in [0.25, 0.3) is 0 Å². The second-order valence-electron chi connectivity index (χ2n) is 4.85. The normalized spacial score (nSPS) is 13.7. The summed E-state index contributed by atoms with van der Waals surface area (Å²) in [6, 6.07) is 5.83. The first-order chi connectivity index (χ1) is 10.1. The number of aromatic nitrogens is 3. The largest absolute Gasteiger partial charge is 0.395 e. The molecule has 2 aromatic rings. The summed E-state index contributed by atoms with van der Waals surface area (Å²) in [6.45, 7) is 4.11. The van der Waals surface area contributed by atoms with Crippen LogP contribution in [0.15, 0.2) is 30.6 Å². The number of nitrogens with one attached hydrogen (secondary N) is 1. The average molecular weight is 304 g/mol. The predicted molar refractivity (Wildman–Crippen MR) is 87.5 cm³/mol. The highest BCUT2D eigenvalue weighted by atomic mass is 32.2. The lowest BCUT2D eigenvalue weighted by Gasteiger charge is -2.22. The molecule has 2 unspecified atom stereocenters. The van der Waals surface area contributed by atoms with Crippen LogP contribution in [-0.4, -0.2) is 44.2 Å². The molecule has 0 aliphatic heterocycles. The monoisotopic (exact) mass is 304 g/mol. The van der Waals surface area contributed by atoms with Crippen LogP contribution < -0.4 is 5.32 Å². The van der Waals surface area contributed by atoms with E-state index < -0.39 is 0 Å². The number of rotatable bonds is 6. The van der Waals surface area contributed by atoms with Gasteiger partial charge in [0.05, 0.1) is 6.61 Å². The molecule has 0 bridgehead atoms. The van der Waals surface area contributed by atoms with Gasteiger partial charge in [0.1, 0.15) is 5.82 Å². The van der Waals surface area contributed by atoms with Crippen LogP contribution in [0.2, 0.25) is 0 Å². The Morgan fingerprint density at radius 2 is 2.19 bits per heavy atom. The van der Waals surface area contributed by atoms with E-state index in [1.54, 1.807) is 24.2 Å². The topological polar surface area (TPSA) is 70.9 Å². The highest BCUT2D eigenvalue weighted by molar-refractivity contribution is 7.99. The molecule has 2 rings (SSSR count). The molecule has 0 radical (unpaired) electrons. The van der Waals surface area contributed by atoms with Crippen LogP contribution in [0.5, 0.6) is 0 Å². The Morgan fingerprint density at radius 3 is 2.81 bits per heavy atom. The summed E-state index contributed by atoms with van der Waals surface area (Å²) in [6.07, 6.45) is 5.47. The fourth-order valence-corrected chi connectivity index (χ4v) is 2.65. The average Bonchev–Trinajstić information content (AvgIpc) is 2.49. The molecule has 0 aromatic carbocycles. The maximum Gasteiger partial charge on any atom is 0.163 e. The lowest BCUT2D eigenvalue weighted by Crippen LogP contribution is -2.31. The fourth-order valence-electron chi connectivity index (χ4n) is 2.03. The Hall–Kier alpha value is -1.66. The maximum absolute atomic E-state index is 9.36. The van der Waals surface area contributed by atoms with E-state index in [0.717, 1.165) is 17.1 Å². The van der Waals surface area contributed by atoms with Gasteiger partial charge in [-0.1, -0.05) is 0 Å². The smallest absolute Gasteiger partial charge is 0.163 e. The summed E-state index contributed by atoms with van der Waals surface area (Å²) >= 11 is 1.64. The van der Waals surface area contributed by atoms with Crippen molar-refractivity contribution in [2.75, 3.05) is 18.2 Å². The lowest BCUT2D eigenvalue weighted by molar-refractivity contribution is 0.288. The van der Waals surface area contributed by atoms with Gasteiger partial charge in [-0.2, -0.15) is 11.8 Å². The first-order valence-corrected chi connectivity index (χ1v) is 8.09. The van der Waals surface area contributed by atoms with Gasteiger partial charge in [-0.05, 0) is 32.2 Å². The number of anilines is 1. The summed E-state index contributed by atoms with van der Waals surface area (Å²) in [5.74, 6) is 1.42. The van der Waals surface area contributed by atoms with E-state index in [-0.39, 0.29) is 17.9 Å². The van der Waals surface area contributed by atoms with E-state index in [1.807, 2.05) is 38.3 Å². The third-order valence-electron chi connectivity index (χ3n) is 3.19. The van der Waals surface area contributed by atoms with Crippen molar-refractivity contribution in [2.45, 2.75) is 25.1 Å². The zero-order valence-corrected chi connectivity index (χ0v) is 13.3. The number of aliphatic hydroxyl groups excluding tert-OH is 1. The highest BCUT2D eigenvalue weighted by Gasteiger charge is 2.16. The molecule has 2 heterocycles. The van der Waals surface area contributed by atoms with Crippen LogP contribution in [0.4, 0.5) is 5.82 Å². The van der Waals surface area contributed by atoms with Crippen LogP contribution in [0.3, 0.4) is 0 Å². The van der Waals surface area contributed by atoms with Crippen molar-refractivity contribution in [3.05, 3.63) is 36.3 Å². The lowest BCUT2D eigenvalue weighted by atomic mass is 10.2. The Balaban J connectivity index is 2.23. The van der Waals surface area contributed by atoms with Gasteiger partial charge in [-0.15, -0.1) is 0 Å². The molecular formula is C15H20N4OS. The molecule has 112 valence electrons. The molecule has 2 aromatic heterocycles. The van der Waals surface area contributed by atoms with Crippen molar-refractivity contribution in [3.63, 3.8) is 0 Å². The number of aliphatic hydroxyl groups is 1. The SMILES string of the molecule is CSC(CO)C(C)Nc1cc(C)nc(-c2cccnc2)n1. The van der Waals surface area contributed by atoms with Gasteiger partial charge < -0.3 is 10.4 Å². The molecule has 0 aliphatic rings. The Kier molecular flexibility index (Phi) is 5.52. The van der Waals surface area contributed by atoms with Crippen LogP contribution in [0, 0.1) is 6.92 Å². The highest BCUT2D eigenvalue weighted by Crippen LogP contribution is 2.19. The van der Waals surface area contributed by atoms with Gasteiger partial charge in [0, 0.05) is 41.0 Å². The molecule has 21 heavy (non-hydrogen) atoms. The zero-order valence-electron chi connectivity index (χ0n) is 12.4. The van der Waals surface area contributed by atoms with Crippen LogP contribution >= 0.6 is 11.8 Å². The summed E-state index contributed by atoms with van der Waals surface area (Å²) in [5, 5.41) is 12.8.